The van der Waals surface area contributed by atoms with E-state index >= 15 is 0 Å². The summed E-state index contributed by atoms with van der Waals surface area (Å²) in [7, 11) is 1.87. The molecule has 0 bridgehead atoms. The topological polar surface area (TPSA) is 47.0 Å². The molecule has 0 radical (unpaired) electrons. The molecule has 2 aromatic rings. The van der Waals surface area contributed by atoms with Crippen molar-refractivity contribution in [3.05, 3.63) is 38.5 Å². The molecule has 0 unspecified atom stereocenters. The first kappa shape index (κ1) is 14.8. The molecule has 1 N–H and O–H groups in total. The Morgan fingerprint density at radius 3 is 2.62 bits per heavy atom. The van der Waals surface area contributed by atoms with E-state index in [0.29, 0.717) is 11.8 Å². The number of ether oxygens (including phenoxy) is 1. The van der Waals surface area contributed by atoms with E-state index in [2.05, 4.69) is 47.1 Å². The summed E-state index contributed by atoms with van der Waals surface area (Å²) in [6.45, 7) is 1.96. The number of aromatic nitrogens is 2. The molecule has 1 saturated carbocycles. The van der Waals surface area contributed by atoms with Crippen LogP contribution >= 0.6 is 31.9 Å². The Balaban J connectivity index is 1.98. The Kier molecular flexibility index (Phi) is 4.17. The molecule has 0 aliphatic heterocycles. The predicted octanol–water partition coefficient (Wildman–Crippen LogP) is 5.02. The van der Waals surface area contributed by atoms with Crippen molar-refractivity contribution >= 4 is 37.7 Å². The molecule has 110 valence electrons. The van der Waals surface area contributed by atoms with E-state index in [9.17, 15) is 0 Å². The van der Waals surface area contributed by atoms with Gasteiger partial charge in [0.1, 0.15) is 17.4 Å². The Labute approximate surface area is 140 Å². The van der Waals surface area contributed by atoms with Gasteiger partial charge in [0.2, 0.25) is 5.88 Å². The van der Waals surface area contributed by atoms with Crippen molar-refractivity contribution < 1.29 is 4.74 Å². The fraction of sp³-hybridized carbons (Fsp3) is 0.333. The monoisotopic (exact) mass is 411 g/mol. The molecule has 1 aliphatic carbocycles. The Morgan fingerprint density at radius 2 is 2.00 bits per heavy atom. The van der Waals surface area contributed by atoms with E-state index in [0.717, 1.165) is 44.7 Å². The van der Waals surface area contributed by atoms with Crippen molar-refractivity contribution in [1.82, 2.24) is 9.97 Å². The fourth-order valence-electron chi connectivity index (χ4n) is 2.04. The van der Waals surface area contributed by atoms with E-state index in [-0.39, 0.29) is 0 Å². The van der Waals surface area contributed by atoms with E-state index in [4.69, 9.17) is 4.74 Å². The second kappa shape index (κ2) is 5.93. The lowest BCUT2D eigenvalue weighted by molar-refractivity contribution is 0.452. The van der Waals surface area contributed by atoms with Crippen molar-refractivity contribution in [2.45, 2.75) is 25.7 Å². The summed E-state index contributed by atoms with van der Waals surface area (Å²) < 4.78 is 7.88. The minimum atomic E-state index is 0.480. The zero-order chi connectivity index (χ0) is 15.0. The van der Waals surface area contributed by atoms with Gasteiger partial charge >= 0.3 is 0 Å². The fourth-order valence-corrected chi connectivity index (χ4v) is 3.17. The zero-order valence-corrected chi connectivity index (χ0v) is 15.0. The second-order valence-corrected chi connectivity index (χ2v) is 6.83. The summed E-state index contributed by atoms with van der Waals surface area (Å²) in [5.41, 5.74) is 0.914. The lowest BCUT2D eigenvalue weighted by Gasteiger charge is -2.13. The summed E-state index contributed by atoms with van der Waals surface area (Å²) in [5, 5.41) is 3.12. The number of hydrogen-bond acceptors (Lipinski definition) is 4. The molecule has 0 atom stereocenters. The molecule has 0 spiro atoms. The molecular formula is C15H15Br2N3O. The van der Waals surface area contributed by atoms with Crippen LogP contribution in [0.4, 0.5) is 5.82 Å². The minimum Gasteiger partial charge on any atom is -0.437 e. The number of benzene rings is 1. The first-order chi connectivity index (χ1) is 10.1. The first-order valence-corrected chi connectivity index (χ1v) is 8.36. The molecule has 21 heavy (non-hydrogen) atoms. The van der Waals surface area contributed by atoms with E-state index < -0.39 is 0 Å². The quantitative estimate of drug-likeness (QED) is 0.765. The van der Waals surface area contributed by atoms with Crippen LogP contribution in [0.1, 0.15) is 30.1 Å². The molecular weight excluding hydrogens is 398 g/mol. The highest BCUT2D eigenvalue weighted by Gasteiger charge is 2.28. The number of rotatable bonds is 4. The molecule has 0 amide bonds. The number of hydrogen-bond donors (Lipinski definition) is 1. The van der Waals surface area contributed by atoms with Gasteiger partial charge in [-0.1, -0.05) is 15.9 Å². The maximum Gasteiger partial charge on any atom is 0.227 e. The van der Waals surface area contributed by atoms with E-state index in [1.165, 1.54) is 0 Å². The third kappa shape index (κ3) is 3.21. The molecule has 3 rings (SSSR count). The Hall–Kier alpha value is -1.14. The average Bonchev–Trinajstić information content (AvgIpc) is 3.28. The van der Waals surface area contributed by atoms with Gasteiger partial charge in [-0.2, -0.15) is 4.98 Å². The first-order valence-electron chi connectivity index (χ1n) is 6.77. The second-order valence-electron chi connectivity index (χ2n) is 5.06. The normalized spacial score (nSPS) is 14.1. The van der Waals surface area contributed by atoms with Crippen LogP contribution in [0.2, 0.25) is 0 Å². The highest BCUT2D eigenvalue weighted by atomic mass is 79.9. The molecule has 1 aromatic heterocycles. The van der Waals surface area contributed by atoms with Gasteiger partial charge in [-0.3, -0.25) is 0 Å². The lowest BCUT2D eigenvalue weighted by Crippen LogP contribution is -2.04. The summed E-state index contributed by atoms with van der Waals surface area (Å²) in [4.78, 5) is 9.17. The number of anilines is 1. The number of nitrogens with zero attached hydrogens (tertiary/aromatic N) is 2. The molecule has 1 aliphatic rings. The lowest BCUT2D eigenvalue weighted by atomic mass is 10.3. The van der Waals surface area contributed by atoms with Crippen molar-refractivity contribution in [2.75, 3.05) is 12.4 Å². The number of nitrogens with one attached hydrogen (secondary N) is 1. The molecule has 1 aromatic carbocycles. The van der Waals surface area contributed by atoms with Crippen LogP contribution in [-0.4, -0.2) is 17.0 Å². The Bertz CT molecular complexity index is 687. The summed E-state index contributed by atoms with van der Waals surface area (Å²) in [6.07, 6.45) is 2.32. The average molecular weight is 413 g/mol. The van der Waals surface area contributed by atoms with Crippen molar-refractivity contribution in [2.24, 2.45) is 0 Å². The maximum atomic E-state index is 6.00. The number of halogens is 2. The highest BCUT2D eigenvalue weighted by molar-refractivity contribution is 9.11. The van der Waals surface area contributed by atoms with Gasteiger partial charge in [0.05, 0.1) is 10.0 Å². The van der Waals surface area contributed by atoms with Gasteiger partial charge in [-0.05, 0) is 53.9 Å². The summed E-state index contributed by atoms with van der Waals surface area (Å²) in [5.74, 6) is 3.53. The summed E-state index contributed by atoms with van der Waals surface area (Å²) in [6, 6.07) is 5.80. The largest absolute Gasteiger partial charge is 0.437 e. The SMILES string of the molecule is CNc1nc(C2CC2)nc(Oc2ccc(Br)cc2Br)c1C. The summed E-state index contributed by atoms with van der Waals surface area (Å²) >= 11 is 6.95. The zero-order valence-electron chi connectivity index (χ0n) is 11.8. The molecule has 0 saturated heterocycles. The van der Waals surface area contributed by atoms with Crippen molar-refractivity contribution in [3.63, 3.8) is 0 Å². The Morgan fingerprint density at radius 1 is 1.24 bits per heavy atom. The molecule has 1 heterocycles. The van der Waals surface area contributed by atoms with E-state index in [1.807, 2.05) is 32.2 Å². The van der Waals surface area contributed by atoms with Crippen LogP contribution in [0.5, 0.6) is 11.6 Å². The van der Waals surface area contributed by atoms with Gasteiger partial charge in [0.25, 0.3) is 0 Å². The van der Waals surface area contributed by atoms with Crippen molar-refractivity contribution in [1.29, 1.82) is 0 Å². The minimum absolute atomic E-state index is 0.480. The van der Waals surface area contributed by atoms with Crippen LogP contribution < -0.4 is 10.1 Å². The van der Waals surface area contributed by atoms with Gasteiger partial charge in [0, 0.05) is 17.4 Å². The van der Waals surface area contributed by atoms with Crippen LogP contribution in [-0.2, 0) is 0 Å². The molecule has 6 heteroatoms. The highest BCUT2D eigenvalue weighted by Crippen LogP contribution is 2.41. The smallest absolute Gasteiger partial charge is 0.227 e. The standard InChI is InChI=1S/C15H15Br2N3O/c1-8-13(18-2)19-14(9-3-4-9)20-15(8)21-12-6-5-10(16)7-11(12)17/h5-7,9H,3-4H2,1-2H3,(H,18,19,20). The van der Waals surface area contributed by atoms with E-state index in [1.54, 1.807) is 0 Å². The van der Waals surface area contributed by atoms with Crippen LogP contribution in [0.25, 0.3) is 0 Å². The maximum absolute atomic E-state index is 6.00. The van der Waals surface area contributed by atoms with Crippen molar-refractivity contribution in [3.8, 4) is 11.6 Å². The molecule has 1 fully saturated rings. The van der Waals surface area contributed by atoms with Crippen LogP contribution in [0, 0.1) is 6.92 Å². The third-order valence-corrected chi connectivity index (χ3v) is 4.51. The van der Waals surface area contributed by atoms with Gasteiger partial charge in [-0.25, -0.2) is 4.98 Å². The molecule has 4 nitrogen and oxygen atoms in total. The van der Waals surface area contributed by atoms with Gasteiger partial charge < -0.3 is 10.1 Å². The van der Waals surface area contributed by atoms with Crippen LogP contribution in [0.15, 0.2) is 27.1 Å². The predicted molar refractivity (Wildman–Crippen MR) is 90.2 cm³/mol. The van der Waals surface area contributed by atoms with Gasteiger partial charge in [0.15, 0.2) is 0 Å². The van der Waals surface area contributed by atoms with Crippen LogP contribution in [0.3, 0.4) is 0 Å². The third-order valence-electron chi connectivity index (χ3n) is 3.40. The van der Waals surface area contributed by atoms with Gasteiger partial charge in [-0.15, -0.1) is 0 Å².